The van der Waals surface area contributed by atoms with Crippen molar-refractivity contribution in [2.75, 3.05) is 11.9 Å². The SMILES string of the molecule is CCNC(=O)Nc1cc(-c2nc(C(F)(F)F)c(CC(=O)NC3CCCC3)s2)c(Br)cn1. The van der Waals surface area contributed by atoms with Crippen molar-refractivity contribution in [2.24, 2.45) is 0 Å². The number of rotatable bonds is 6. The molecule has 0 atom stereocenters. The quantitative estimate of drug-likeness (QED) is 0.514. The van der Waals surface area contributed by atoms with Crippen molar-refractivity contribution in [1.29, 1.82) is 0 Å². The first-order valence-electron chi connectivity index (χ1n) is 9.74. The molecule has 1 fully saturated rings. The number of alkyl halides is 3. The van der Waals surface area contributed by atoms with Crippen LogP contribution in [0.2, 0.25) is 0 Å². The second kappa shape index (κ2) is 9.94. The Balaban J connectivity index is 1.87. The fourth-order valence-electron chi connectivity index (χ4n) is 3.29. The van der Waals surface area contributed by atoms with Gasteiger partial charge in [0.15, 0.2) is 5.69 Å². The summed E-state index contributed by atoms with van der Waals surface area (Å²) < 4.78 is 41.2. The van der Waals surface area contributed by atoms with Gasteiger partial charge in [0.2, 0.25) is 5.91 Å². The van der Waals surface area contributed by atoms with E-state index in [1.807, 2.05) is 0 Å². The van der Waals surface area contributed by atoms with Crippen molar-refractivity contribution >= 4 is 45.0 Å². The second-order valence-corrected chi connectivity index (χ2v) is 8.99. The maximum Gasteiger partial charge on any atom is 0.434 e. The van der Waals surface area contributed by atoms with Crippen LogP contribution in [0.3, 0.4) is 0 Å². The molecular weight excluding hydrogens is 499 g/mol. The Hall–Kier alpha value is -2.21. The lowest BCUT2D eigenvalue weighted by Crippen LogP contribution is -2.33. The molecule has 3 rings (SSSR count). The van der Waals surface area contributed by atoms with Gasteiger partial charge in [-0.3, -0.25) is 10.1 Å². The number of amides is 3. The fraction of sp³-hybridized carbons (Fsp3) is 0.474. The predicted molar refractivity (Wildman–Crippen MR) is 115 cm³/mol. The number of halogens is 4. The topological polar surface area (TPSA) is 96.0 Å². The number of hydrogen-bond donors (Lipinski definition) is 3. The highest BCUT2D eigenvalue weighted by molar-refractivity contribution is 9.10. The summed E-state index contributed by atoms with van der Waals surface area (Å²) in [5, 5.41) is 7.94. The number of anilines is 1. The molecule has 0 aliphatic heterocycles. The van der Waals surface area contributed by atoms with Crippen molar-refractivity contribution in [2.45, 2.75) is 51.2 Å². The Morgan fingerprint density at radius 1 is 1.29 bits per heavy atom. The summed E-state index contributed by atoms with van der Waals surface area (Å²) in [6.45, 7) is 2.15. The van der Waals surface area contributed by atoms with E-state index in [2.05, 4.69) is 41.8 Å². The standard InChI is InChI=1S/C19H21BrF3N5O2S/c1-2-24-18(30)27-14-7-11(12(20)9-25-14)17-28-16(19(21,22)23)13(31-17)8-15(29)26-10-5-3-4-6-10/h7,9-10H,2-6,8H2,1H3,(H,26,29)(H2,24,25,27,30). The summed E-state index contributed by atoms with van der Waals surface area (Å²) in [6, 6.07) is 0.967. The third-order valence-electron chi connectivity index (χ3n) is 4.67. The van der Waals surface area contributed by atoms with E-state index in [9.17, 15) is 22.8 Å². The zero-order valence-electron chi connectivity index (χ0n) is 16.6. The van der Waals surface area contributed by atoms with Crippen molar-refractivity contribution in [3.05, 3.63) is 27.3 Å². The number of nitrogens with one attached hydrogen (secondary N) is 3. The number of urea groups is 1. The van der Waals surface area contributed by atoms with Crippen molar-refractivity contribution < 1.29 is 22.8 Å². The van der Waals surface area contributed by atoms with E-state index in [1.165, 1.54) is 12.3 Å². The molecule has 12 heteroatoms. The van der Waals surface area contributed by atoms with Gasteiger partial charge in [0, 0.05) is 33.7 Å². The first-order valence-corrected chi connectivity index (χ1v) is 11.3. The average Bonchev–Trinajstić information content (AvgIpc) is 3.33. The van der Waals surface area contributed by atoms with Gasteiger partial charge in [0.25, 0.3) is 0 Å². The van der Waals surface area contributed by atoms with Crippen molar-refractivity contribution in [3.63, 3.8) is 0 Å². The normalized spacial score (nSPS) is 14.5. The Morgan fingerprint density at radius 2 is 2.00 bits per heavy atom. The molecule has 0 aromatic carbocycles. The monoisotopic (exact) mass is 519 g/mol. The number of thiazole rings is 1. The molecule has 2 aromatic rings. The lowest BCUT2D eigenvalue weighted by molar-refractivity contribution is -0.141. The molecular formula is C19H21BrF3N5O2S. The van der Waals surface area contributed by atoms with E-state index in [0.29, 0.717) is 16.6 Å². The molecule has 1 aliphatic rings. The summed E-state index contributed by atoms with van der Waals surface area (Å²) in [6.07, 6.45) is -0.0142. The van der Waals surface area contributed by atoms with Crippen LogP contribution < -0.4 is 16.0 Å². The van der Waals surface area contributed by atoms with Gasteiger partial charge in [-0.05, 0) is 41.8 Å². The molecule has 3 N–H and O–H groups in total. The summed E-state index contributed by atoms with van der Waals surface area (Å²) in [7, 11) is 0. The highest BCUT2D eigenvalue weighted by atomic mass is 79.9. The highest BCUT2D eigenvalue weighted by Gasteiger charge is 2.38. The minimum atomic E-state index is -4.70. The summed E-state index contributed by atoms with van der Waals surface area (Å²) in [4.78, 5) is 31.7. The van der Waals surface area contributed by atoms with Gasteiger partial charge in [0.1, 0.15) is 10.8 Å². The van der Waals surface area contributed by atoms with Gasteiger partial charge in [-0.15, -0.1) is 11.3 Å². The molecule has 0 unspecified atom stereocenters. The lowest BCUT2D eigenvalue weighted by Gasteiger charge is -2.12. The molecule has 31 heavy (non-hydrogen) atoms. The molecule has 0 bridgehead atoms. The van der Waals surface area contributed by atoms with E-state index < -0.39 is 30.2 Å². The maximum atomic E-state index is 13.6. The molecule has 0 spiro atoms. The average molecular weight is 520 g/mol. The Labute approximate surface area is 189 Å². The zero-order chi connectivity index (χ0) is 22.6. The van der Waals surface area contributed by atoms with Gasteiger partial charge in [-0.1, -0.05) is 12.8 Å². The van der Waals surface area contributed by atoms with Crippen LogP contribution in [-0.4, -0.2) is 34.5 Å². The van der Waals surface area contributed by atoms with E-state index in [0.717, 1.165) is 37.0 Å². The van der Waals surface area contributed by atoms with Gasteiger partial charge >= 0.3 is 12.2 Å². The molecule has 2 heterocycles. The molecule has 3 amide bonds. The Bertz CT molecular complexity index is 961. The number of pyridine rings is 1. The number of hydrogen-bond acceptors (Lipinski definition) is 5. The van der Waals surface area contributed by atoms with Gasteiger partial charge in [-0.25, -0.2) is 14.8 Å². The number of carbonyl (C=O) groups excluding carboxylic acids is 2. The van der Waals surface area contributed by atoms with Gasteiger partial charge in [0.05, 0.1) is 6.42 Å². The van der Waals surface area contributed by atoms with Crippen LogP contribution in [0.1, 0.15) is 43.2 Å². The van der Waals surface area contributed by atoms with Crippen LogP contribution >= 0.6 is 27.3 Å². The number of nitrogens with zero attached hydrogens (tertiary/aromatic N) is 2. The third-order valence-corrected chi connectivity index (χ3v) is 6.39. The molecule has 0 radical (unpaired) electrons. The number of aromatic nitrogens is 2. The molecule has 1 aliphatic carbocycles. The Kier molecular flexibility index (Phi) is 7.52. The van der Waals surface area contributed by atoms with E-state index >= 15 is 0 Å². The fourth-order valence-corrected chi connectivity index (χ4v) is 4.94. The van der Waals surface area contributed by atoms with Crippen LogP contribution in [-0.2, 0) is 17.4 Å². The Morgan fingerprint density at radius 3 is 2.65 bits per heavy atom. The van der Waals surface area contributed by atoms with Crippen LogP contribution in [0.4, 0.5) is 23.8 Å². The van der Waals surface area contributed by atoms with E-state index in [1.54, 1.807) is 6.92 Å². The predicted octanol–water partition coefficient (Wildman–Crippen LogP) is 4.73. The minimum Gasteiger partial charge on any atom is -0.353 e. The molecule has 0 saturated heterocycles. The second-order valence-electron chi connectivity index (χ2n) is 7.05. The first-order chi connectivity index (χ1) is 14.7. The molecule has 7 nitrogen and oxygen atoms in total. The third kappa shape index (κ3) is 6.16. The van der Waals surface area contributed by atoms with Gasteiger partial charge < -0.3 is 10.6 Å². The maximum absolute atomic E-state index is 13.6. The largest absolute Gasteiger partial charge is 0.434 e. The first kappa shape index (κ1) is 23.5. The van der Waals surface area contributed by atoms with E-state index in [4.69, 9.17) is 0 Å². The summed E-state index contributed by atoms with van der Waals surface area (Å²) in [5.74, 6) is -0.284. The van der Waals surface area contributed by atoms with Crippen LogP contribution in [0.5, 0.6) is 0 Å². The molecule has 2 aromatic heterocycles. The molecule has 168 valence electrons. The summed E-state index contributed by atoms with van der Waals surface area (Å²) in [5.41, 5.74) is -0.740. The van der Waals surface area contributed by atoms with Crippen molar-refractivity contribution in [1.82, 2.24) is 20.6 Å². The smallest absolute Gasteiger partial charge is 0.353 e. The van der Waals surface area contributed by atoms with Crippen LogP contribution in [0.25, 0.3) is 10.6 Å². The lowest BCUT2D eigenvalue weighted by atomic mass is 10.2. The van der Waals surface area contributed by atoms with Crippen LogP contribution in [0, 0.1) is 0 Å². The minimum absolute atomic E-state index is 0.0199. The molecule has 1 saturated carbocycles. The highest BCUT2D eigenvalue weighted by Crippen LogP contribution is 2.40. The number of carbonyl (C=O) groups is 2. The van der Waals surface area contributed by atoms with Crippen LogP contribution in [0.15, 0.2) is 16.7 Å². The van der Waals surface area contributed by atoms with Gasteiger partial charge in [-0.2, -0.15) is 13.2 Å². The van der Waals surface area contributed by atoms with E-state index in [-0.39, 0.29) is 21.7 Å². The summed E-state index contributed by atoms with van der Waals surface area (Å²) >= 11 is 4.07. The van der Waals surface area contributed by atoms with Crippen molar-refractivity contribution in [3.8, 4) is 10.6 Å². The zero-order valence-corrected chi connectivity index (χ0v) is 19.0.